The van der Waals surface area contributed by atoms with Crippen LogP contribution in [0.15, 0.2) is 54.6 Å². The number of rotatable bonds is 2. The topological polar surface area (TPSA) is 44.2 Å². The van der Waals surface area contributed by atoms with Gasteiger partial charge >= 0.3 is 0 Å². The number of hydrogen-bond donors (Lipinski definition) is 1. The maximum absolute atomic E-state index is 12.8. The molecule has 0 saturated heterocycles. The Bertz CT molecular complexity index is 772. The molecule has 1 aliphatic rings. The molecule has 2 aromatic rings. The zero-order valence-electron chi connectivity index (χ0n) is 12.1. The molecule has 1 N–H and O–H groups in total. The molecule has 0 saturated carbocycles. The summed E-state index contributed by atoms with van der Waals surface area (Å²) in [5.41, 5.74) is 4.12. The smallest absolute Gasteiger partial charge is 0.194 e. The van der Waals surface area contributed by atoms with Crippen LogP contribution in [0.2, 0.25) is 0 Å². The summed E-state index contributed by atoms with van der Waals surface area (Å²) < 4.78 is 0. The minimum absolute atomic E-state index is 0.0177. The molecular formula is C18H16N2O. The highest BCUT2D eigenvalue weighted by molar-refractivity contribution is 6.39. The quantitative estimate of drug-likeness (QED) is 0.913. The largest absolute Gasteiger partial charge is 0.377 e. The summed E-state index contributed by atoms with van der Waals surface area (Å²) in [5.74, 6) is -0.0177. The number of allylic oxidation sites excluding steroid dienone is 2. The number of Topliss-reactive ketones (excluding diaryl/α,β-unsaturated/α-hetero) is 1. The average Bonchev–Trinajstić information content (AvgIpc) is 2.51. The minimum atomic E-state index is -0.0177. The van der Waals surface area contributed by atoms with Gasteiger partial charge in [0.2, 0.25) is 0 Å². The number of anilines is 1. The lowest BCUT2D eigenvalue weighted by molar-refractivity contribution is 0.105. The molecule has 3 nitrogen and oxygen atoms in total. The molecule has 104 valence electrons. The van der Waals surface area contributed by atoms with Crippen LogP contribution >= 0.6 is 0 Å². The van der Waals surface area contributed by atoms with Gasteiger partial charge in [-0.3, -0.25) is 4.79 Å². The number of hydrogen-bond acceptors (Lipinski definition) is 3. The first kappa shape index (κ1) is 13.3. The number of carbonyl (C=O) groups is 1. The minimum Gasteiger partial charge on any atom is -0.377 e. The van der Waals surface area contributed by atoms with Crippen molar-refractivity contribution in [3.63, 3.8) is 0 Å². The molecule has 0 bridgehead atoms. The summed E-state index contributed by atoms with van der Waals surface area (Å²) in [4.78, 5) is 14.7. The van der Waals surface area contributed by atoms with E-state index in [2.05, 4.69) is 0 Å². The molecular weight excluding hydrogens is 260 g/mol. The monoisotopic (exact) mass is 276 g/mol. The highest BCUT2D eigenvalue weighted by atomic mass is 16.1. The van der Waals surface area contributed by atoms with Crippen LogP contribution in [0.4, 0.5) is 5.69 Å². The molecule has 0 aromatic heterocycles. The number of carbonyl (C=O) groups excluding carboxylic acids is 1. The highest BCUT2D eigenvalue weighted by Crippen LogP contribution is 2.32. The van der Waals surface area contributed by atoms with Crippen molar-refractivity contribution in [2.75, 3.05) is 19.0 Å². The van der Waals surface area contributed by atoms with Gasteiger partial charge in [-0.25, -0.2) is 0 Å². The van der Waals surface area contributed by atoms with Crippen molar-refractivity contribution in [1.82, 2.24) is 0 Å². The van der Waals surface area contributed by atoms with Crippen LogP contribution in [0.1, 0.15) is 21.5 Å². The predicted octanol–water partition coefficient (Wildman–Crippen LogP) is 3.40. The van der Waals surface area contributed by atoms with Crippen LogP contribution < -0.4 is 4.90 Å². The van der Waals surface area contributed by atoms with Gasteiger partial charge in [0, 0.05) is 42.0 Å². The molecule has 0 heterocycles. The summed E-state index contributed by atoms with van der Waals surface area (Å²) in [5, 5.41) is 8.18. The molecule has 0 radical (unpaired) electrons. The highest BCUT2D eigenvalue weighted by Gasteiger charge is 2.25. The second-order valence-electron chi connectivity index (χ2n) is 5.26. The summed E-state index contributed by atoms with van der Waals surface area (Å²) in [6.45, 7) is 0. The number of nitrogens with zero attached hydrogens (tertiary/aromatic N) is 1. The van der Waals surface area contributed by atoms with E-state index in [4.69, 9.17) is 5.41 Å². The predicted molar refractivity (Wildman–Crippen MR) is 86.3 cm³/mol. The first-order valence-corrected chi connectivity index (χ1v) is 6.80. The standard InChI is InChI=1S/C18H16N2O/c1-20(2)17-10-6-5-8-13(17)15-11-16(19)12-7-3-4-9-14(12)18(15)21/h3-11,19H,1-2H3. The molecule has 0 unspecified atom stereocenters. The molecule has 3 heteroatoms. The Labute approximate surface area is 124 Å². The van der Waals surface area contributed by atoms with Gasteiger partial charge in [0.05, 0.1) is 5.71 Å². The number of fused-ring (bicyclic) bond motifs is 1. The summed E-state index contributed by atoms with van der Waals surface area (Å²) in [6, 6.07) is 15.1. The second kappa shape index (κ2) is 5.02. The summed E-state index contributed by atoms with van der Waals surface area (Å²) in [6.07, 6.45) is 1.67. The first-order valence-electron chi connectivity index (χ1n) is 6.80. The number of ketones is 1. The van der Waals surface area contributed by atoms with Gasteiger partial charge in [-0.05, 0) is 12.1 Å². The lowest BCUT2D eigenvalue weighted by atomic mass is 9.85. The van der Waals surface area contributed by atoms with E-state index in [0.717, 1.165) is 11.3 Å². The zero-order valence-corrected chi connectivity index (χ0v) is 12.1. The van der Waals surface area contributed by atoms with Crippen LogP contribution in [0.25, 0.3) is 5.57 Å². The molecule has 0 spiro atoms. The third kappa shape index (κ3) is 2.17. The first-order chi connectivity index (χ1) is 10.1. The summed E-state index contributed by atoms with van der Waals surface area (Å²) in [7, 11) is 3.90. The Morgan fingerprint density at radius 1 is 0.857 bits per heavy atom. The SMILES string of the molecule is CN(C)c1ccccc1C1=CC(=N)c2ccccc2C1=O. The normalized spacial score (nSPS) is 13.7. The van der Waals surface area contributed by atoms with E-state index in [1.807, 2.05) is 61.5 Å². The Kier molecular flexibility index (Phi) is 3.18. The van der Waals surface area contributed by atoms with E-state index in [1.54, 1.807) is 12.1 Å². The zero-order chi connectivity index (χ0) is 15.0. The molecule has 0 aliphatic heterocycles. The fourth-order valence-corrected chi connectivity index (χ4v) is 2.64. The third-order valence-electron chi connectivity index (χ3n) is 3.67. The fourth-order valence-electron chi connectivity index (χ4n) is 2.64. The van der Waals surface area contributed by atoms with E-state index in [0.29, 0.717) is 22.4 Å². The van der Waals surface area contributed by atoms with E-state index >= 15 is 0 Å². The van der Waals surface area contributed by atoms with E-state index in [9.17, 15) is 4.79 Å². The Balaban J connectivity index is 2.18. The van der Waals surface area contributed by atoms with E-state index in [1.165, 1.54) is 0 Å². The van der Waals surface area contributed by atoms with Crippen LogP contribution in [0.5, 0.6) is 0 Å². The van der Waals surface area contributed by atoms with Crippen LogP contribution in [0, 0.1) is 5.41 Å². The van der Waals surface area contributed by atoms with Crippen molar-refractivity contribution in [2.24, 2.45) is 0 Å². The fraction of sp³-hybridized carbons (Fsp3) is 0.111. The van der Waals surface area contributed by atoms with Gasteiger partial charge in [-0.15, -0.1) is 0 Å². The second-order valence-corrected chi connectivity index (χ2v) is 5.26. The van der Waals surface area contributed by atoms with Crippen molar-refractivity contribution in [1.29, 1.82) is 5.41 Å². The van der Waals surface area contributed by atoms with Crippen LogP contribution in [-0.4, -0.2) is 25.6 Å². The van der Waals surface area contributed by atoms with Crippen LogP contribution in [-0.2, 0) is 0 Å². The van der Waals surface area contributed by atoms with Crippen molar-refractivity contribution >= 4 is 22.8 Å². The maximum atomic E-state index is 12.8. The number of nitrogens with one attached hydrogen (secondary N) is 1. The van der Waals surface area contributed by atoms with E-state index < -0.39 is 0 Å². The Morgan fingerprint density at radius 3 is 2.10 bits per heavy atom. The van der Waals surface area contributed by atoms with Gasteiger partial charge in [-0.1, -0.05) is 42.5 Å². The molecule has 0 amide bonds. The van der Waals surface area contributed by atoms with Gasteiger partial charge in [-0.2, -0.15) is 0 Å². The van der Waals surface area contributed by atoms with Crippen molar-refractivity contribution in [2.45, 2.75) is 0 Å². The molecule has 3 rings (SSSR count). The van der Waals surface area contributed by atoms with Gasteiger partial charge in [0.1, 0.15) is 0 Å². The van der Waals surface area contributed by atoms with Crippen LogP contribution in [0.3, 0.4) is 0 Å². The average molecular weight is 276 g/mol. The maximum Gasteiger partial charge on any atom is 0.194 e. The Hall–Kier alpha value is -2.68. The van der Waals surface area contributed by atoms with Gasteiger partial charge < -0.3 is 10.3 Å². The van der Waals surface area contributed by atoms with Crippen molar-refractivity contribution in [3.8, 4) is 0 Å². The molecule has 1 aliphatic carbocycles. The lowest BCUT2D eigenvalue weighted by Gasteiger charge is -2.22. The third-order valence-corrected chi connectivity index (χ3v) is 3.67. The van der Waals surface area contributed by atoms with E-state index in [-0.39, 0.29) is 5.78 Å². The summed E-state index contributed by atoms with van der Waals surface area (Å²) >= 11 is 0. The van der Waals surface area contributed by atoms with Gasteiger partial charge in [0.25, 0.3) is 0 Å². The van der Waals surface area contributed by atoms with Crippen molar-refractivity contribution < 1.29 is 4.79 Å². The molecule has 21 heavy (non-hydrogen) atoms. The molecule has 0 fully saturated rings. The van der Waals surface area contributed by atoms with Crippen molar-refractivity contribution in [3.05, 3.63) is 71.3 Å². The lowest BCUT2D eigenvalue weighted by Crippen LogP contribution is -2.18. The molecule has 2 aromatic carbocycles. The number of para-hydroxylation sites is 1. The molecule has 0 atom stereocenters. The number of benzene rings is 2. The van der Waals surface area contributed by atoms with Gasteiger partial charge in [0.15, 0.2) is 5.78 Å². The Morgan fingerprint density at radius 2 is 1.43 bits per heavy atom.